The number of hydrogen-bond donors (Lipinski definition) is 2. The van der Waals surface area contributed by atoms with Crippen LogP contribution in [0.1, 0.15) is 31.2 Å². The summed E-state index contributed by atoms with van der Waals surface area (Å²) in [6.07, 6.45) is 11.5. The standard InChI is InChI=1S/C32H31F2N5O2/c1-4-22-25(33)8-5-18-11-21(40)12-23(28(18)22)30-29(34)31-24(14-35-30)26(39-15-19-6-7-20(16-39)36-19)13-27(37-31)41-17-32(9-10-32)38(2)3/h1,5,8,11-14,19-20,36,40H,6-7,9-10,15-17H2,2-3H3. The van der Waals surface area contributed by atoms with Gasteiger partial charge in [-0.25, -0.2) is 13.8 Å². The number of aromatic hydroxyl groups is 1. The monoisotopic (exact) mass is 555 g/mol. The van der Waals surface area contributed by atoms with Crippen molar-refractivity contribution >= 4 is 27.4 Å². The molecule has 9 heteroatoms. The minimum atomic E-state index is -0.680. The number of nitrogens with zero attached hydrogens (tertiary/aromatic N) is 4. The number of rotatable bonds is 6. The number of hydrogen-bond acceptors (Lipinski definition) is 7. The van der Waals surface area contributed by atoms with Crippen molar-refractivity contribution < 1.29 is 18.6 Å². The third kappa shape index (κ3) is 4.33. The number of ether oxygens (including phenoxy) is 1. The van der Waals surface area contributed by atoms with E-state index in [0.29, 0.717) is 40.7 Å². The first kappa shape index (κ1) is 25.9. The Morgan fingerprint density at radius 2 is 1.93 bits per heavy atom. The molecule has 1 aliphatic carbocycles. The highest BCUT2D eigenvalue weighted by Crippen LogP contribution is 2.42. The maximum absolute atomic E-state index is 16.6. The molecule has 0 amide bonds. The van der Waals surface area contributed by atoms with Crippen molar-refractivity contribution in [3.8, 4) is 35.2 Å². The second-order valence-corrected chi connectivity index (χ2v) is 11.8. The molecule has 2 aromatic carbocycles. The molecule has 0 spiro atoms. The van der Waals surface area contributed by atoms with Gasteiger partial charge in [0.25, 0.3) is 0 Å². The molecule has 41 heavy (non-hydrogen) atoms. The largest absolute Gasteiger partial charge is 0.508 e. The van der Waals surface area contributed by atoms with Crippen LogP contribution in [0.2, 0.25) is 0 Å². The topological polar surface area (TPSA) is 73.8 Å². The average Bonchev–Trinajstić information content (AvgIpc) is 3.69. The lowest BCUT2D eigenvalue weighted by atomic mass is 9.95. The summed E-state index contributed by atoms with van der Waals surface area (Å²) in [5.41, 5.74) is 1.02. The van der Waals surface area contributed by atoms with Gasteiger partial charge in [0.2, 0.25) is 5.88 Å². The zero-order valence-corrected chi connectivity index (χ0v) is 23.0. The molecule has 2 atom stereocenters. The molecule has 4 aromatic rings. The van der Waals surface area contributed by atoms with E-state index in [1.54, 1.807) is 6.20 Å². The summed E-state index contributed by atoms with van der Waals surface area (Å²) in [5.74, 6) is 1.34. The lowest BCUT2D eigenvalue weighted by molar-refractivity contribution is 0.163. The summed E-state index contributed by atoms with van der Waals surface area (Å²) in [6.45, 7) is 2.04. The van der Waals surface area contributed by atoms with Gasteiger partial charge in [0, 0.05) is 53.8 Å². The molecule has 3 fully saturated rings. The first-order chi connectivity index (χ1) is 19.8. The molecule has 7 nitrogen and oxygen atoms in total. The first-order valence-corrected chi connectivity index (χ1v) is 14.0. The number of benzene rings is 2. The molecule has 2 N–H and O–H groups in total. The summed E-state index contributed by atoms with van der Waals surface area (Å²) in [5, 5.41) is 15.5. The molecule has 210 valence electrons. The number of likely N-dealkylation sites (N-methyl/N-ethyl adjacent to an activating group) is 1. The Labute approximate surface area is 237 Å². The van der Waals surface area contributed by atoms with Crippen molar-refractivity contribution in [2.75, 3.05) is 38.7 Å². The Kier molecular flexibility index (Phi) is 6.03. The number of phenolic OH excluding ortho intramolecular Hbond substituents is 1. The van der Waals surface area contributed by atoms with Gasteiger partial charge in [0.15, 0.2) is 5.82 Å². The van der Waals surface area contributed by atoms with Gasteiger partial charge < -0.3 is 25.0 Å². The van der Waals surface area contributed by atoms with Crippen molar-refractivity contribution in [1.29, 1.82) is 0 Å². The number of aromatic nitrogens is 2. The molecular weight excluding hydrogens is 524 g/mol. The molecule has 2 aliphatic heterocycles. The van der Waals surface area contributed by atoms with Crippen molar-refractivity contribution in [3.05, 3.63) is 53.7 Å². The van der Waals surface area contributed by atoms with Gasteiger partial charge in [-0.1, -0.05) is 12.0 Å². The molecular formula is C32H31F2N5O2. The smallest absolute Gasteiger partial charge is 0.216 e. The molecule has 2 unspecified atom stereocenters. The van der Waals surface area contributed by atoms with Gasteiger partial charge in [-0.3, -0.25) is 4.98 Å². The quantitative estimate of drug-likeness (QED) is 0.330. The Bertz CT molecular complexity index is 1730. The van der Waals surface area contributed by atoms with Gasteiger partial charge in [-0.05, 0) is 63.4 Å². The third-order valence-corrected chi connectivity index (χ3v) is 9.02. The summed E-state index contributed by atoms with van der Waals surface area (Å²) in [4.78, 5) is 13.6. The minimum Gasteiger partial charge on any atom is -0.508 e. The van der Waals surface area contributed by atoms with Crippen molar-refractivity contribution in [1.82, 2.24) is 20.2 Å². The van der Waals surface area contributed by atoms with Gasteiger partial charge in [-0.15, -0.1) is 6.42 Å². The number of terminal acetylenes is 1. The van der Waals surface area contributed by atoms with Crippen LogP contribution in [0.5, 0.6) is 11.6 Å². The molecule has 0 radical (unpaired) electrons. The van der Waals surface area contributed by atoms with Crippen LogP contribution in [0.3, 0.4) is 0 Å². The van der Waals surface area contributed by atoms with Crippen LogP contribution in [0.4, 0.5) is 14.5 Å². The first-order valence-electron chi connectivity index (χ1n) is 14.0. The van der Waals surface area contributed by atoms with Crippen molar-refractivity contribution in [2.24, 2.45) is 0 Å². The Hall–Kier alpha value is -4.00. The van der Waals surface area contributed by atoms with E-state index in [9.17, 15) is 9.50 Å². The molecule has 1 saturated carbocycles. The van der Waals surface area contributed by atoms with Crippen molar-refractivity contribution in [2.45, 2.75) is 43.3 Å². The highest BCUT2D eigenvalue weighted by atomic mass is 19.1. The highest BCUT2D eigenvalue weighted by Gasteiger charge is 2.46. The maximum Gasteiger partial charge on any atom is 0.216 e. The lowest BCUT2D eigenvalue weighted by Crippen LogP contribution is -2.51. The predicted octanol–water partition coefficient (Wildman–Crippen LogP) is 4.83. The van der Waals surface area contributed by atoms with E-state index in [1.165, 1.54) is 24.3 Å². The molecule has 2 bridgehead atoms. The Morgan fingerprint density at radius 1 is 1.17 bits per heavy atom. The van der Waals surface area contributed by atoms with Crippen molar-refractivity contribution in [3.63, 3.8) is 0 Å². The van der Waals surface area contributed by atoms with Crippen LogP contribution < -0.4 is 15.0 Å². The number of fused-ring (bicyclic) bond motifs is 4. The number of anilines is 1. The van der Waals surface area contributed by atoms with E-state index in [0.717, 1.165) is 44.5 Å². The number of piperazine rings is 1. The van der Waals surface area contributed by atoms with Gasteiger partial charge in [0.05, 0.1) is 16.8 Å². The summed E-state index contributed by atoms with van der Waals surface area (Å²) in [7, 11) is 4.08. The van der Waals surface area contributed by atoms with E-state index >= 15 is 4.39 Å². The van der Waals surface area contributed by atoms with Crippen LogP contribution in [0.25, 0.3) is 32.9 Å². The average molecular weight is 556 g/mol. The van der Waals surface area contributed by atoms with Gasteiger partial charge >= 0.3 is 0 Å². The summed E-state index contributed by atoms with van der Waals surface area (Å²) in [6, 6.07) is 8.22. The Balaban J connectivity index is 1.40. The molecule has 4 heterocycles. The predicted molar refractivity (Wildman–Crippen MR) is 155 cm³/mol. The van der Waals surface area contributed by atoms with E-state index in [4.69, 9.17) is 11.2 Å². The molecule has 3 aliphatic rings. The summed E-state index contributed by atoms with van der Waals surface area (Å²) < 4.78 is 37.6. The van der Waals surface area contributed by atoms with Crippen LogP contribution in [0.15, 0.2) is 36.5 Å². The van der Waals surface area contributed by atoms with Crippen LogP contribution >= 0.6 is 0 Å². The van der Waals surface area contributed by atoms with Crippen LogP contribution in [-0.4, -0.2) is 71.4 Å². The fourth-order valence-electron chi connectivity index (χ4n) is 6.45. The minimum absolute atomic E-state index is 0.0146. The van der Waals surface area contributed by atoms with Crippen LogP contribution in [0, 0.1) is 24.0 Å². The van der Waals surface area contributed by atoms with E-state index in [2.05, 4.69) is 31.0 Å². The second kappa shape index (κ2) is 9.54. The number of nitrogens with one attached hydrogen (secondary N) is 1. The number of phenols is 1. The highest BCUT2D eigenvalue weighted by molar-refractivity contribution is 6.03. The third-order valence-electron chi connectivity index (χ3n) is 9.02. The zero-order valence-electron chi connectivity index (χ0n) is 23.0. The normalized spacial score (nSPS) is 21.0. The lowest BCUT2D eigenvalue weighted by Gasteiger charge is -2.35. The molecule has 2 saturated heterocycles. The van der Waals surface area contributed by atoms with E-state index in [-0.39, 0.29) is 33.6 Å². The number of pyridine rings is 2. The maximum atomic E-state index is 16.6. The van der Waals surface area contributed by atoms with E-state index in [1.807, 2.05) is 20.2 Å². The van der Waals surface area contributed by atoms with Gasteiger partial charge in [-0.2, -0.15) is 0 Å². The molecule has 2 aromatic heterocycles. The fraction of sp³-hybridized carbons (Fsp3) is 0.375. The zero-order chi connectivity index (χ0) is 28.5. The SMILES string of the molecule is C#Cc1c(F)ccc2cc(O)cc(-c3ncc4c(N5CC6CCC(C5)N6)cc(OCC5(N(C)C)CC5)nc4c3F)c12. The Morgan fingerprint density at radius 3 is 2.61 bits per heavy atom. The van der Waals surface area contributed by atoms with Crippen LogP contribution in [-0.2, 0) is 0 Å². The fourth-order valence-corrected chi connectivity index (χ4v) is 6.45. The van der Waals surface area contributed by atoms with Gasteiger partial charge in [0.1, 0.15) is 29.4 Å². The molecule has 7 rings (SSSR count). The second-order valence-electron chi connectivity index (χ2n) is 11.8. The van der Waals surface area contributed by atoms with E-state index < -0.39 is 11.6 Å². The summed E-state index contributed by atoms with van der Waals surface area (Å²) >= 11 is 0. The number of halogens is 2.